The van der Waals surface area contributed by atoms with Crippen LogP contribution in [0.5, 0.6) is 11.5 Å². The molecule has 110 valence electrons. The quantitative estimate of drug-likeness (QED) is 0.915. The zero-order valence-electron chi connectivity index (χ0n) is 12.3. The molecule has 1 unspecified atom stereocenters. The van der Waals surface area contributed by atoms with E-state index >= 15 is 0 Å². The summed E-state index contributed by atoms with van der Waals surface area (Å²) in [7, 11) is 1.72. The molecule has 1 aliphatic rings. The average molecular weight is 279 g/mol. The third-order valence-corrected chi connectivity index (χ3v) is 3.36. The van der Waals surface area contributed by atoms with Gasteiger partial charge in [-0.05, 0) is 30.5 Å². The minimum atomic E-state index is -0.508. The van der Waals surface area contributed by atoms with Crippen molar-refractivity contribution in [3.05, 3.63) is 17.7 Å². The predicted molar refractivity (Wildman–Crippen MR) is 76.2 cm³/mol. The molecular formula is C15H21NO4. The maximum atomic E-state index is 12.3. The van der Waals surface area contributed by atoms with E-state index in [2.05, 4.69) is 0 Å². The molecule has 1 amide bonds. The number of ether oxygens (including phenoxy) is 2. The van der Waals surface area contributed by atoms with Crippen LogP contribution in [0.3, 0.4) is 0 Å². The van der Waals surface area contributed by atoms with Crippen molar-refractivity contribution in [3.8, 4) is 11.5 Å². The first-order chi connectivity index (χ1) is 9.49. The standard InChI is InChI=1S/C15H21NO4/c1-5-19-12-7-10(8-17)6-11-14(12)20-13(9(2)3)15(18)16(11)4/h6-7,9,13,17H,5,8H2,1-4H3. The van der Waals surface area contributed by atoms with Crippen LogP contribution in [0.25, 0.3) is 0 Å². The van der Waals surface area contributed by atoms with Gasteiger partial charge in [0.25, 0.3) is 5.91 Å². The molecule has 1 heterocycles. The van der Waals surface area contributed by atoms with Crippen LogP contribution in [0, 0.1) is 5.92 Å². The molecule has 0 aromatic heterocycles. The van der Waals surface area contributed by atoms with Crippen LogP contribution in [0.4, 0.5) is 5.69 Å². The lowest BCUT2D eigenvalue weighted by molar-refractivity contribution is -0.127. The molecule has 1 atom stereocenters. The molecule has 0 spiro atoms. The Hall–Kier alpha value is -1.75. The van der Waals surface area contributed by atoms with E-state index in [0.29, 0.717) is 29.4 Å². The number of carbonyl (C=O) groups is 1. The highest BCUT2D eigenvalue weighted by Crippen LogP contribution is 2.43. The van der Waals surface area contributed by atoms with Gasteiger partial charge >= 0.3 is 0 Å². The van der Waals surface area contributed by atoms with Crippen molar-refractivity contribution in [1.29, 1.82) is 0 Å². The molecule has 1 aliphatic heterocycles. The van der Waals surface area contributed by atoms with E-state index in [1.807, 2.05) is 20.8 Å². The van der Waals surface area contributed by atoms with Gasteiger partial charge in [0.1, 0.15) is 0 Å². The molecule has 0 saturated carbocycles. The van der Waals surface area contributed by atoms with Crippen molar-refractivity contribution >= 4 is 11.6 Å². The Kier molecular flexibility index (Phi) is 4.18. The van der Waals surface area contributed by atoms with Gasteiger partial charge in [-0.25, -0.2) is 0 Å². The van der Waals surface area contributed by atoms with Gasteiger partial charge in [-0.15, -0.1) is 0 Å². The molecule has 20 heavy (non-hydrogen) atoms. The number of benzene rings is 1. The fourth-order valence-electron chi connectivity index (χ4n) is 2.27. The summed E-state index contributed by atoms with van der Waals surface area (Å²) in [6, 6.07) is 3.51. The maximum Gasteiger partial charge on any atom is 0.268 e. The Morgan fingerprint density at radius 1 is 1.45 bits per heavy atom. The minimum absolute atomic E-state index is 0.0742. The number of rotatable bonds is 4. The molecule has 0 bridgehead atoms. The summed E-state index contributed by atoms with van der Waals surface area (Å²) in [6.45, 7) is 6.17. The van der Waals surface area contributed by atoms with Crippen LogP contribution >= 0.6 is 0 Å². The SMILES string of the molecule is CCOc1cc(CO)cc2c1OC(C(C)C)C(=O)N2C. The molecule has 2 rings (SSSR count). The van der Waals surface area contributed by atoms with Crippen LogP contribution in [0.2, 0.25) is 0 Å². The summed E-state index contributed by atoms with van der Waals surface area (Å²) in [5.41, 5.74) is 1.33. The van der Waals surface area contributed by atoms with Gasteiger partial charge in [-0.2, -0.15) is 0 Å². The normalized spacial score (nSPS) is 18.0. The number of amides is 1. The molecule has 5 heteroatoms. The number of hydrogen-bond acceptors (Lipinski definition) is 4. The zero-order chi connectivity index (χ0) is 14.9. The Morgan fingerprint density at radius 3 is 2.70 bits per heavy atom. The van der Waals surface area contributed by atoms with Gasteiger partial charge in [0.2, 0.25) is 0 Å². The van der Waals surface area contributed by atoms with Crippen LogP contribution in [0.15, 0.2) is 12.1 Å². The van der Waals surface area contributed by atoms with E-state index in [0.717, 1.165) is 0 Å². The van der Waals surface area contributed by atoms with Gasteiger partial charge in [-0.1, -0.05) is 13.8 Å². The zero-order valence-corrected chi connectivity index (χ0v) is 12.3. The fourth-order valence-corrected chi connectivity index (χ4v) is 2.27. The molecule has 1 N–H and O–H groups in total. The maximum absolute atomic E-state index is 12.3. The molecule has 0 saturated heterocycles. The summed E-state index contributed by atoms with van der Waals surface area (Å²) < 4.78 is 11.4. The molecule has 5 nitrogen and oxygen atoms in total. The second kappa shape index (κ2) is 5.71. The molecule has 1 aromatic rings. The molecule has 1 aromatic carbocycles. The Balaban J connectivity index is 2.53. The number of likely N-dealkylation sites (N-methyl/N-ethyl adjacent to an activating group) is 1. The number of nitrogens with zero attached hydrogens (tertiary/aromatic N) is 1. The topological polar surface area (TPSA) is 59.0 Å². The van der Waals surface area contributed by atoms with Gasteiger partial charge in [0, 0.05) is 7.05 Å². The van der Waals surface area contributed by atoms with E-state index in [1.165, 1.54) is 0 Å². The van der Waals surface area contributed by atoms with Crippen molar-refractivity contribution < 1.29 is 19.4 Å². The van der Waals surface area contributed by atoms with Crippen molar-refractivity contribution in [2.24, 2.45) is 5.92 Å². The first-order valence-corrected chi connectivity index (χ1v) is 6.84. The predicted octanol–water partition coefficient (Wildman–Crippen LogP) is 1.96. The molecular weight excluding hydrogens is 258 g/mol. The summed E-state index contributed by atoms with van der Waals surface area (Å²) >= 11 is 0. The third kappa shape index (κ3) is 2.45. The number of carbonyl (C=O) groups excluding carboxylic acids is 1. The van der Waals surface area contributed by atoms with Crippen molar-refractivity contribution in [3.63, 3.8) is 0 Å². The van der Waals surface area contributed by atoms with Crippen molar-refractivity contribution in [1.82, 2.24) is 0 Å². The van der Waals surface area contributed by atoms with Crippen LogP contribution in [-0.4, -0.2) is 30.8 Å². The van der Waals surface area contributed by atoms with Crippen LogP contribution < -0.4 is 14.4 Å². The number of aliphatic hydroxyl groups is 1. The van der Waals surface area contributed by atoms with Crippen LogP contribution in [-0.2, 0) is 11.4 Å². The monoisotopic (exact) mass is 279 g/mol. The second-order valence-corrected chi connectivity index (χ2v) is 5.21. The lowest BCUT2D eigenvalue weighted by atomic mass is 10.0. The second-order valence-electron chi connectivity index (χ2n) is 5.21. The average Bonchev–Trinajstić information content (AvgIpc) is 2.42. The Morgan fingerprint density at radius 2 is 2.15 bits per heavy atom. The van der Waals surface area contributed by atoms with Gasteiger partial charge < -0.3 is 19.5 Å². The van der Waals surface area contributed by atoms with Gasteiger partial charge in [-0.3, -0.25) is 4.79 Å². The summed E-state index contributed by atoms with van der Waals surface area (Å²) in [5, 5.41) is 9.32. The van der Waals surface area contributed by atoms with Gasteiger partial charge in [0.15, 0.2) is 17.6 Å². The summed E-state index contributed by atoms with van der Waals surface area (Å²) in [6.07, 6.45) is -0.508. The highest BCUT2D eigenvalue weighted by molar-refractivity contribution is 6.00. The van der Waals surface area contributed by atoms with E-state index < -0.39 is 6.10 Å². The number of aliphatic hydroxyl groups excluding tert-OH is 1. The highest BCUT2D eigenvalue weighted by atomic mass is 16.5. The third-order valence-electron chi connectivity index (χ3n) is 3.36. The number of fused-ring (bicyclic) bond motifs is 1. The van der Waals surface area contributed by atoms with E-state index in [4.69, 9.17) is 9.47 Å². The lowest BCUT2D eigenvalue weighted by Crippen LogP contribution is -2.46. The number of hydrogen-bond donors (Lipinski definition) is 1. The van der Waals surface area contributed by atoms with E-state index in [1.54, 1.807) is 24.1 Å². The smallest absolute Gasteiger partial charge is 0.268 e. The Bertz CT molecular complexity index is 513. The first kappa shape index (κ1) is 14.7. The van der Waals surface area contributed by atoms with Gasteiger partial charge in [0.05, 0.1) is 18.9 Å². The van der Waals surface area contributed by atoms with Crippen LogP contribution in [0.1, 0.15) is 26.3 Å². The molecule has 0 fully saturated rings. The van der Waals surface area contributed by atoms with Crippen molar-refractivity contribution in [2.45, 2.75) is 33.5 Å². The lowest BCUT2D eigenvalue weighted by Gasteiger charge is -2.35. The molecule has 0 radical (unpaired) electrons. The summed E-state index contributed by atoms with van der Waals surface area (Å²) in [4.78, 5) is 13.9. The Labute approximate surface area is 119 Å². The molecule has 0 aliphatic carbocycles. The van der Waals surface area contributed by atoms with Crippen molar-refractivity contribution in [2.75, 3.05) is 18.6 Å². The van der Waals surface area contributed by atoms with E-state index in [-0.39, 0.29) is 18.4 Å². The summed E-state index contributed by atoms with van der Waals surface area (Å²) in [5.74, 6) is 1.14. The largest absolute Gasteiger partial charge is 0.490 e. The first-order valence-electron chi connectivity index (χ1n) is 6.84. The van der Waals surface area contributed by atoms with E-state index in [9.17, 15) is 9.90 Å². The minimum Gasteiger partial charge on any atom is -0.490 e. The fraction of sp³-hybridized carbons (Fsp3) is 0.533. The number of anilines is 1. The highest BCUT2D eigenvalue weighted by Gasteiger charge is 2.36.